The monoisotopic (exact) mass is 393 g/mol. The summed E-state index contributed by atoms with van der Waals surface area (Å²) in [6.45, 7) is 2.04. The molecule has 0 saturated heterocycles. The SMILES string of the molecule is Cc1c(Cl)ccc2c3c([nH]c12)[C@]1(CC(=O)O)CC[C@@H]1CC3Cc1ccccc1. The van der Waals surface area contributed by atoms with Crippen molar-refractivity contribution in [2.75, 3.05) is 0 Å². The third-order valence-corrected chi connectivity index (χ3v) is 7.61. The molecule has 1 heterocycles. The van der Waals surface area contributed by atoms with Gasteiger partial charge in [0.15, 0.2) is 0 Å². The third kappa shape index (κ3) is 2.52. The summed E-state index contributed by atoms with van der Waals surface area (Å²) in [7, 11) is 0. The molecule has 2 N–H and O–H groups in total. The van der Waals surface area contributed by atoms with E-state index in [1.54, 1.807) is 0 Å². The third-order valence-electron chi connectivity index (χ3n) is 7.20. The molecule has 0 bridgehead atoms. The number of aromatic nitrogens is 1. The lowest BCUT2D eigenvalue weighted by Crippen LogP contribution is -2.50. The summed E-state index contributed by atoms with van der Waals surface area (Å²) in [4.78, 5) is 15.4. The Labute approximate surface area is 169 Å². The van der Waals surface area contributed by atoms with Crippen LogP contribution in [-0.2, 0) is 16.6 Å². The number of halogens is 1. The maximum Gasteiger partial charge on any atom is 0.304 e. The zero-order valence-corrected chi connectivity index (χ0v) is 16.7. The lowest BCUT2D eigenvalue weighted by atomic mass is 9.50. The summed E-state index contributed by atoms with van der Waals surface area (Å²) >= 11 is 6.40. The predicted octanol–water partition coefficient (Wildman–Crippen LogP) is 5.98. The van der Waals surface area contributed by atoms with E-state index < -0.39 is 5.97 Å². The summed E-state index contributed by atoms with van der Waals surface area (Å²) in [5.41, 5.74) is 5.71. The van der Waals surface area contributed by atoms with Crippen LogP contribution in [-0.4, -0.2) is 16.1 Å². The van der Waals surface area contributed by atoms with Crippen molar-refractivity contribution in [1.82, 2.24) is 4.98 Å². The predicted molar refractivity (Wildman–Crippen MR) is 112 cm³/mol. The molecule has 1 saturated carbocycles. The zero-order valence-electron chi connectivity index (χ0n) is 16.0. The Morgan fingerprint density at radius 2 is 2.04 bits per heavy atom. The van der Waals surface area contributed by atoms with Gasteiger partial charge in [0, 0.05) is 21.5 Å². The van der Waals surface area contributed by atoms with Crippen LogP contribution in [0.15, 0.2) is 42.5 Å². The van der Waals surface area contributed by atoms with Gasteiger partial charge in [-0.15, -0.1) is 0 Å². The number of fused-ring (bicyclic) bond motifs is 5. The number of carboxylic acids is 1. The fraction of sp³-hybridized carbons (Fsp3) is 0.375. The minimum absolute atomic E-state index is 0.211. The minimum Gasteiger partial charge on any atom is -0.481 e. The number of rotatable bonds is 4. The van der Waals surface area contributed by atoms with E-state index >= 15 is 0 Å². The van der Waals surface area contributed by atoms with Crippen LogP contribution in [0, 0.1) is 12.8 Å². The van der Waals surface area contributed by atoms with E-state index in [4.69, 9.17) is 11.6 Å². The lowest BCUT2D eigenvalue weighted by molar-refractivity contribution is -0.141. The Kier molecular flexibility index (Phi) is 4.06. The van der Waals surface area contributed by atoms with Gasteiger partial charge >= 0.3 is 5.97 Å². The van der Waals surface area contributed by atoms with Gasteiger partial charge in [-0.25, -0.2) is 0 Å². The quantitative estimate of drug-likeness (QED) is 0.572. The van der Waals surface area contributed by atoms with Crippen molar-refractivity contribution < 1.29 is 9.90 Å². The van der Waals surface area contributed by atoms with Crippen molar-refractivity contribution in [1.29, 1.82) is 0 Å². The van der Waals surface area contributed by atoms with Crippen molar-refractivity contribution in [3.63, 3.8) is 0 Å². The highest BCUT2D eigenvalue weighted by molar-refractivity contribution is 6.32. The van der Waals surface area contributed by atoms with Crippen molar-refractivity contribution >= 4 is 28.5 Å². The maximum absolute atomic E-state index is 11.7. The Morgan fingerprint density at radius 3 is 2.71 bits per heavy atom. The van der Waals surface area contributed by atoms with E-state index in [9.17, 15) is 9.90 Å². The second-order valence-corrected chi connectivity index (χ2v) is 9.00. The van der Waals surface area contributed by atoms with Gasteiger partial charge in [-0.2, -0.15) is 0 Å². The molecule has 2 aromatic carbocycles. The number of aliphatic carboxylic acids is 1. The van der Waals surface area contributed by atoms with Crippen LogP contribution in [0.25, 0.3) is 10.9 Å². The van der Waals surface area contributed by atoms with Crippen LogP contribution in [0.1, 0.15) is 54.0 Å². The van der Waals surface area contributed by atoms with Gasteiger partial charge in [-0.05, 0) is 67.2 Å². The normalized spacial score (nSPS) is 25.8. The van der Waals surface area contributed by atoms with E-state index in [1.807, 2.05) is 13.0 Å². The van der Waals surface area contributed by atoms with Crippen LogP contribution in [0.5, 0.6) is 0 Å². The average molecular weight is 394 g/mol. The van der Waals surface area contributed by atoms with E-state index in [0.29, 0.717) is 11.8 Å². The number of benzene rings is 2. The molecule has 0 aliphatic heterocycles. The van der Waals surface area contributed by atoms with Gasteiger partial charge in [0.05, 0.1) is 11.9 Å². The molecule has 1 aromatic heterocycles. The summed E-state index contributed by atoms with van der Waals surface area (Å²) in [5, 5.41) is 11.6. The van der Waals surface area contributed by atoms with E-state index in [2.05, 4.69) is 41.4 Å². The number of nitrogens with one attached hydrogen (secondary N) is 1. The van der Waals surface area contributed by atoms with Crippen LogP contribution in [0.2, 0.25) is 5.02 Å². The summed E-state index contributed by atoms with van der Waals surface area (Å²) in [6.07, 6.45) is 4.33. The second-order valence-electron chi connectivity index (χ2n) is 8.59. The first kappa shape index (κ1) is 17.8. The number of hydrogen-bond acceptors (Lipinski definition) is 1. The van der Waals surface area contributed by atoms with E-state index in [1.165, 1.54) is 22.2 Å². The summed E-state index contributed by atoms with van der Waals surface area (Å²) < 4.78 is 0. The molecule has 0 amide bonds. The van der Waals surface area contributed by atoms with Gasteiger partial charge in [0.25, 0.3) is 0 Å². The molecule has 2 aliphatic carbocycles. The number of aromatic amines is 1. The Morgan fingerprint density at radius 1 is 1.25 bits per heavy atom. The highest BCUT2D eigenvalue weighted by atomic mass is 35.5. The molecule has 5 rings (SSSR count). The van der Waals surface area contributed by atoms with Gasteiger partial charge in [-0.1, -0.05) is 48.0 Å². The van der Waals surface area contributed by atoms with Crippen LogP contribution in [0.3, 0.4) is 0 Å². The van der Waals surface area contributed by atoms with Gasteiger partial charge in [-0.3, -0.25) is 4.79 Å². The van der Waals surface area contributed by atoms with Crippen molar-refractivity contribution in [2.24, 2.45) is 5.92 Å². The smallest absolute Gasteiger partial charge is 0.304 e. The van der Waals surface area contributed by atoms with Crippen molar-refractivity contribution in [2.45, 2.75) is 50.4 Å². The highest BCUT2D eigenvalue weighted by Crippen LogP contribution is 2.61. The molecule has 0 spiro atoms. The number of carbonyl (C=O) groups is 1. The Bertz CT molecular complexity index is 1070. The maximum atomic E-state index is 11.7. The van der Waals surface area contributed by atoms with Crippen LogP contribution in [0.4, 0.5) is 0 Å². The Balaban J connectivity index is 1.70. The minimum atomic E-state index is -0.703. The molecule has 28 heavy (non-hydrogen) atoms. The number of hydrogen-bond donors (Lipinski definition) is 2. The standard InChI is InChI=1S/C24H24ClNO2/c1-14-19(25)8-7-18-21-16(11-15-5-3-2-4-6-15)12-17-9-10-24(17,13-20(27)28)23(21)26-22(14)18/h2-8,16-17,26H,9-13H2,1H3,(H,27,28)/t16?,17-,24+/m1/s1. The molecular weight excluding hydrogens is 370 g/mol. The second kappa shape index (κ2) is 6.38. The van der Waals surface area contributed by atoms with Gasteiger partial charge < -0.3 is 10.1 Å². The number of aryl methyl sites for hydroxylation is 1. The van der Waals surface area contributed by atoms with Crippen LogP contribution >= 0.6 is 11.6 Å². The molecule has 0 radical (unpaired) electrons. The highest BCUT2D eigenvalue weighted by Gasteiger charge is 2.55. The Hall–Kier alpha value is -2.26. The first-order valence-corrected chi connectivity index (χ1v) is 10.4. The fourth-order valence-corrected chi connectivity index (χ4v) is 5.88. The largest absolute Gasteiger partial charge is 0.481 e. The van der Waals surface area contributed by atoms with Crippen molar-refractivity contribution in [3.8, 4) is 0 Å². The molecular formula is C24H24ClNO2. The van der Waals surface area contributed by atoms with Gasteiger partial charge in [0.1, 0.15) is 0 Å². The summed E-state index contributed by atoms with van der Waals surface area (Å²) in [5.74, 6) is 0.137. The number of H-pyrrole nitrogens is 1. The lowest BCUT2D eigenvalue weighted by Gasteiger charge is -2.54. The van der Waals surface area contributed by atoms with Crippen molar-refractivity contribution in [3.05, 3.63) is 69.9 Å². The summed E-state index contributed by atoms with van der Waals surface area (Å²) in [6, 6.07) is 14.7. The van der Waals surface area contributed by atoms with E-state index in [0.717, 1.165) is 41.8 Å². The van der Waals surface area contributed by atoms with Crippen LogP contribution < -0.4 is 0 Å². The zero-order chi connectivity index (χ0) is 19.5. The molecule has 3 aromatic rings. The molecule has 2 aliphatic rings. The first-order valence-electron chi connectivity index (χ1n) is 10.1. The molecule has 3 nitrogen and oxygen atoms in total. The topological polar surface area (TPSA) is 53.1 Å². The fourth-order valence-electron chi connectivity index (χ4n) is 5.72. The molecule has 144 valence electrons. The molecule has 4 heteroatoms. The first-order chi connectivity index (χ1) is 13.5. The van der Waals surface area contributed by atoms with Gasteiger partial charge in [0.2, 0.25) is 0 Å². The van der Waals surface area contributed by atoms with E-state index in [-0.39, 0.29) is 11.8 Å². The number of carboxylic acid groups (broad SMARTS) is 1. The molecule has 1 fully saturated rings. The molecule has 3 atom stereocenters. The molecule has 1 unspecified atom stereocenters. The average Bonchev–Trinajstić information content (AvgIpc) is 3.05.